The fraction of sp³-hybridized carbons (Fsp3) is 0.941. The van der Waals surface area contributed by atoms with Crippen LogP contribution < -0.4 is 0 Å². The van der Waals surface area contributed by atoms with Crippen molar-refractivity contribution in [2.75, 3.05) is 6.61 Å². The van der Waals surface area contributed by atoms with Crippen molar-refractivity contribution in [2.45, 2.75) is 141 Å². The lowest BCUT2D eigenvalue weighted by Crippen LogP contribution is -2.65. The lowest BCUT2D eigenvalue weighted by molar-refractivity contribution is -0.303. The topological polar surface area (TPSA) is 163 Å². The number of ether oxygens (including phenoxy) is 3. The lowest BCUT2D eigenvalue weighted by Gasteiger charge is -2.65. The number of aliphatic hydroxyl groups excluding tert-OH is 4. The number of carbonyl (C=O) groups is 2. The van der Waals surface area contributed by atoms with Gasteiger partial charge in [0.25, 0.3) is 0 Å². The normalized spacial score (nSPS) is 59.0. The zero-order chi connectivity index (χ0) is 32.0. The summed E-state index contributed by atoms with van der Waals surface area (Å²) in [6.07, 6.45) is -1.19. The van der Waals surface area contributed by atoms with Crippen molar-refractivity contribution in [3.05, 3.63) is 0 Å². The Morgan fingerprint density at radius 3 is 2.30 bits per heavy atom. The molecule has 0 aromatic carbocycles. The standard InChI is InChI=1S/C34H52O10/c1-16-11-18(36)27(40)34(41)14-30(5)21-8-7-20-29(3,4)22(44-28-25(39)24(38)19(37)13-42-28)9-10-32(20)15-33(21,32)12-23(43-17(2)35)31(30,6)26(16)34/h16,19-28,37-41H,7-15H2,1-6H3/t16-,19+,20?,21+,22?,23?,24+,25-,26-,27+,28+,30+,31-,32-,33+,34-/m1/s1. The van der Waals surface area contributed by atoms with Gasteiger partial charge in [-0.1, -0.05) is 34.6 Å². The van der Waals surface area contributed by atoms with E-state index in [1.54, 1.807) is 0 Å². The molecule has 1 heterocycles. The number of hydrogen-bond acceptors (Lipinski definition) is 10. The number of hydrogen-bond donors (Lipinski definition) is 5. The minimum atomic E-state index is -1.56. The highest BCUT2D eigenvalue weighted by Crippen LogP contribution is 2.90. The summed E-state index contributed by atoms with van der Waals surface area (Å²) < 4.78 is 18.3. The van der Waals surface area contributed by atoms with E-state index < -0.39 is 53.2 Å². The van der Waals surface area contributed by atoms with Gasteiger partial charge in [-0.05, 0) is 84.4 Å². The van der Waals surface area contributed by atoms with Crippen LogP contribution in [0.2, 0.25) is 0 Å². The first-order valence-electron chi connectivity index (χ1n) is 16.8. The number of aliphatic hydroxyl groups is 5. The average Bonchev–Trinajstić information content (AvgIpc) is 3.53. The summed E-state index contributed by atoms with van der Waals surface area (Å²) in [5.74, 6) is -0.643. The number of Topliss-reactive ketones (excluding diaryl/α,β-unsaturated/α-hetero) is 1. The second-order valence-electron chi connectivity index (χ2n) is 17.1. The molecule has 7 fully saturated rings. The number of ketones is 1. The smallest absolute Gasteiger partial charge is 0.302 e. The Balaban J connectivity index is 1.23. The predicted molar refractivity (Wildman–Crippen MR) is 156 cm³/mol. The van der Waals surface area contributed by atoms with Crippen LogP contribution in [0.25, 0.3) is 0 Å². The second-order valence-corrected chi connectivity index (χ2v) is 17.1. The molecule has 1 saturated heterocycles. The van der Waals surface area contributed by atoms with Crippen LogP contribution in [0.4, 0.5) is 0 Å². The van der Waals surface area contributed by atoms with E-state index in [0.29, 0.717) is 18.8 Å². The molecule has 10 nitrogen and oxygen atoms in total. The Morgan fingerprint density at radius 2 is 1.61 bits per heavy atom. The van der Waals surface area contributed by atoms with Crippen molar-refractivity contribution in [3.8, 4) is 0 Å². The summed E-state index contributed by atoms with van der Waals surface area (Å²) in [5, 5.41) is 54.3. The number of rotatable bonds is 3. The van der Waals surface area contributed by atoms with E-state index in [0.717, 1.165) is 32.1 Å². The Kier molecular flexibility index (Phi) is 6.78. The van der Waals surface area contributed by atoms with Gasteiger partial charge in [-0.3, -0.25) is 9.59 Å². The van der Waals surface area contributed by atoms with Gasteiger partial charge >= 0.3 is 5.97 Å². The van der Waals surface area contributed by atoms with Crippen LogP contribution in [0.1, 0.15) is 92.9 Å². The van der Waals surface area contributed by atoms with Gasteiger partial charge in [-0.2, -0.15) is 0 Å². The molecule has 16 atom stereocenters. The van der Waals surface area contributed by atoms with E-state index in [9.17, 15) is 35.1 Å². The van der Waals surface area contributed by atoms with E-state index >= 15 is 0 Å². The van der Waals surface area contributed by atoms with Gasteiger partial charge in [0.2, 0.25) is 0 Å². The third-order valence-corrected chi connectivity index (χ3v) is 15.1. The highest BCUT2D eigenvalue weighted by molar-refractivity contribution is 5.85. The largest absolute Gasteiger partial charge is 0.462 e. The number of fused-ring (bicyclic) bond motifs is 4. The Morgan fingerprint density at radius 1 is 0.932 bits per heavy atom. The average molecular weight is 621 g/mol. The van der Waals surface area contributed by atoms with Crippen LogP contribution in [0.3, 0.4) is 0 Å². The maximum atomic E-state index is 12.9. The fourth-order valence-electron chi connectivity index (χ4n) is 13.5. The maximum Gasteiger partial charge on any atom is 0.302 e. The maximum absolute atomic E-state index is 12.9. The highest BCUT2D eigenvalue weighted by Gasteiger charge is 2.87. The van der Waals surface area contributed by atoms with Gasteiger partial charge in [0.1, 0.15) is 36.1 Å². The minimum absolute atomic E-state index is 0.000193. The molecule has 0 radical (unpaired) electrons. The molecule has 5 N–H and O–H groups in total. The molecule has 44 heavy (non-hydrogen) atoms. The summed E-state index contributed by atoms with van der Waals surface area (Å²) in [6.45, 7) is 12.2. The first-order chi connectivity index (χ1) is 20.4. The van der Waals surface area contributed by atoms with E-state index in [-0.39, 0.29) is 64.9 Å². The second kappa shape index (κ2) is 9.48. The van der Waals surface area contributed by atoms with Crippen molar-refractivity contribution >= 4 is 11.8 Å². The molecule has 0 aromatic rings. The number of carbonyl (C=O) groups excluding carboxylic acids is 2. The Labute approximate surface area is 259 Å². The molecule has 7 rings (SSSR count). The Bertz CT molecular complexity index is 1240. The molecule has 3 unspecified atom stereocenters. The predicted octanol–water partition coefficient (Wildman–Crippen LogP) is 2.10. The monoisotopic (exact) mass is 620 g/mol. The SMILES string of the molecule is CC(=O)OC1C[C@@]23C[C@@]24CCC(O[C@@H]2OC[C@H](O)[C@H](O)[C@H]2O)C(C)(C)C4CC[C@H]3[C@]2(C)C[C@]3(O)[C@@H](O)C(=O)C[C@@H](C)[C@@H]3[C@@]12C. The molecule has 0 amide bonds. The first kappa shape index (κ1) is 31.5. The van der Waals surface area contributed by atoms with Crippen molar-refractivity contribution in [1.29, 1.82) is 0 Å². The third-order valence-electron chi connectivity index (χ3n) is 15.1. The van der Waals surface area contributed by atoms with Crippen molar-refractivity contribution in [2.24, 2.45) is 50.7 Å². The Hall–Kier alpha value is -1.14. The van der Waals surface area contributed by atoms with Crippen LogP contribution in [-0.4, -0.2) is 92.4 Å². The summed E-state index contributed by atoms with van der Waals surface area (Å²) in [5.41, 5.74) is -3.03. The van der Waals surface area contributed by atoms with Crippen molar-refractivity contribution in [1.82, 2.24) is 0 Å². The van der Waals surface area contributed by atoms with Crippen molar-refractivity contribution < 1.29 is 49.3 Å². The van der Waals surface area contributed by atoms with Crippen LogP contribution in [0.15, 0.2) is 0 Å². The van der Waals surface area contributed by atoms with Gasteiger partial charge in [-0.15, -0.1) is 0 Å². The van der Waals surface area contributed by atoms with Gasteiger partial charge in [0.15, 0.2) is 12.1 Å². The van der Waals surface area contributed by atoms with E-state index in [4.69, 9.17) is 14.2 Å². The molecule has 7 aliphatic rings. The zero-order valence-corrected chi connectivity index (χ0v) is 27.0. The molecule has 1 aliphatic heterocycles. The molecule has 0 bridgehead atoms. The van der Waals surface area contributed by atoms with E-state index in [1.165, 1.54) is 6.92 Å². The summed E-state index contributed by atoms with van der Waals surface area (Å²) in [7, 11) is 0. The van der Waals surface area contributed by atoms with E-state index in [1.807, 2.05) is 6.92 Å². The highest BCUT2D eigenvalue weighted by atomic mass is 16.7. The van der Waals surface area contributed by atoms with Gasteiger partial charge in [0.05, 0.1) is 12.7 Å². The number of esters is 1. The van der Waals surface area contributed by atoms with Crippen LogP contribution in [-0.2, 0) is 23.8 Å². The molecular weight excluding hydrogens is 568 g/mol. The molecular formula is C34H52O10. The molecule has 6 aliphatic carbocycles. The molecule has 0 aromatic heterocycles. The zero-order valence-electron chi connectivity index (χ0n) is 27.0. The van der Waals surface area contributed by atoms with Gasteiger partial charge in [-0.25, -0.2) is 0 Å². The summed E-state index contributed by atoms with van der Waals surface area (Å²) in [4.78, 5) is 25.6. The fourth-order valence-corrected chi connectivity index (χ4v) is 13.5. The molecule has 10 heteroatoms. The van der Waals surface area contributed by atoms with Gasteiger partial charge in [0, 0.05) is 24.7 Å². The van der Waals surface area contributed by atoms with Crippen molar-refractivity contribution in [3.63, 3.8) is 0 Å². The summed E-state index contributed by atoms with van der Waals surface area (Å²) >= 11 is 0. The van der Waals surface area contributed by atoms with E-state index in [2.05, 4.69) is 27.7 Å². The minimum Gasteiger partial charge on any atom is -0.462 e. The van der Waals surface area contributed by atoms with Crippen LogP contribution in [0.5, 0.6) is 0 Å². The quantitative estimate of drug-likeness (QED) is 0.233. The molecule has 2 spiro atoms. The molecule has 6 saturated carbocycles. The summed E-state index contributed by atoms with van der Waals surface area (Å²) in [6, 6.07) is 0. The van der Waals surface area contributed by atoms with Crippen LogP contribution >= 0.6 is 0 Å². The van der Waals surface area contributed by atoms with Crippen LogP contribution in [0, 0.1) is 50.7 Å². The molecule has 248 valence electrons. The lowest BCUT2D eigenvalue weighted by atomic mass is 9.41. The van der Waals surface area contributed by atoms with Gasteiger partial charge < -0.3 is 39.7 Å². The third kappa shape index (κ3) is 3.62. The first-order valence-corrected chi connectivity index (χ1v) is 16.8.